The number of carbonyl (C=O) groups excluding carboxylic acids is 1. The van der Waals surface area contributed by atoms with Gasteiger partial charge in [0.05, 0.1) is 23.1 Å². The molecule has 0 fully saturated rings. The normalized spacial score (nSPS) is 11.8. The molecule has 0 aliphatic rings. The number of alkyl halides is 3. The molecule has 8 nitrogen and oxygen atoms in total. The molecule has 2 N–H and O–H groups in total. The number of nitrogens with one attached hydrogen (secondary N) is 2. The van der Waals surface area contributed by atoms with Crippen molar-refractivity contribution in [2.24, 2.45) is 7.05 Å². The smallest absolute Gasteiger partial charge is 0.416 e. The molecule has 32 heavy (non-hydrogen) atoms. The number of nitrogens with zero attached hydrogens (tertiary/aromatic N) is 4. The minimum atomic E-state index is -4.62. The second-order valence-corrected chi connectivity index (χ2v) is 8.02. The number of alkyl carbamates (subject to hydrolysis) is 1. The number of benzene rings is 1. The summed E-state index contributed by atoms with van der Waals surface area (Å²) >= 11 is 0. The van der Waals surface area contributed by atoms with Crippen LogP contribution in [0.2, 0.25) is 0 Å². The summed E-state index contributed by atoms with van der Waals surface area (Å²) in [5.41, 5.74) is -0.501. The maximum atomic E-state index is 13.7. The fourth-order valence-corrected chi connectivity index (χ4v) is 2.83. The molecule has 11 heteroatoms. The molecule has 0 saturated heterocycles. The number of amides is 1. The van der Waals surface area contributed by atoms with Gasteiger partial charge in [0.1, 0.15) is 5.60 Å². The molecule has 0 atom stereocenters. The van der Waals surface area contributed by atoms with Crippen molar-refractivity contribution < 1.29 is 22.7 Å². The lowest BCUT2D eigenvalue weighted by molar-refractivity contribution is -0.138. The summed E-state index contributed by atoms with van der Waals surface area (Å²) in [7, 11) is 1.75. The molecule has 0 saturated carbocycles. The molecule has 170 valence electrons. The van der Waals surface area contributed by atoms with Crippen LogP contribution < -0.4 is 10.6 Å². The number of carbonyl (C=O) groups is 1. The lowest BCUT2D eigenvalue weighted by Crippen LogP contribution is -2.32. The molecular weight excluding hydrogens is 425 g/mol. The molecule has 0 radical (unpaired) electrons. The van der Waals surface area contributed by atoms with Crippen LogP contribution in [0.4, 0.5) is 29.6 Å². The molecule has 3 aromatic rings. The average Bonchev–Trinajstić information content (AvgIpc) is 3.09. The Balaban J connectivity index is 1.84. The molecule has 1 amide bonds. The summed E-state index contributed by atoms with van der Waals surface area (Å²) in [4.78, 5) is 20.2. The Morgan fingerprint density at radius 2 is 1.94 bits per heavy atom. The van der Waals surface area contributed by atoms with Crippen molar-refractivity contribution in [1.29, 1.82) is 0 Å². The monoisotopic (exact) mass is 448 g/mol. The number of ether oxygens (including phenoxy) is 1. The van der Waals surface area contributed by atoms with Gasteiger partial charge in [0, 0.05) is 31.5 Å². The van der Waals surface area contributed by atoms with Gasteiger partial charge in [-0.3, -0.25) is 4.68 Å². The SMILES string of the molecule is Cn1cc(Nc2nccc(-c3ccc(CNC(=O)OC(C)(C)C)c(C(F)(F)F)c3)n2)cn1. The third-order valence-electron chi connectivity index (χ3n) is 4.15. The van der Waals surface area contributed by atoms with Crippen LogP contribution in [-0.4, -0.2) is 31.4 Å². The Kier molecular flexibility index (Phi) is 6.37. The summed E-state index contributed by atoms with van der Waals surface area (Å²) < 4.78 is 47.8. The van der Waals surface area contributed by atoms with E-state index >= 15 is 0 Å². The van der Waals surface area contributed by atoms with E-state index in [4.69, 9.17) is 4.74 Å². The van der Waals surface area contributed by atoms with Crippen LogP contribution >= 0.6 is 0 Å². The largest absolute Gasteiger partial charge is 0.444 e. The second kappa shape index (κ2) is 8.85. The second-order valence-electron chi connectivity index (χ2n) is 8.02. The van der Waals surface area contributed by atoms with Crippen LogP contribution in [0, 0.1) is 0 Å². The summed E-state index contributed by atoms with van der Waals surface area (Å²) in [5.74, 6) is 0.222. The highest BCUT2D eigenvalue weighted by Gasteiger charge is 2.34. The maximum absolute atomic E-state index is 13.7. The van der Waals surface area contributed by atoms with Gasteiger partial charge in [0.25, 0.3) is 0 Å². The first-order valence-electron chi connectivity index (χ1n) is 9.67. The molecule has 0 unspecified atom stereocenters. The molecular formula is C21H23F3N6O2. The molecule has 2 aromatic heterocycles. The lowest BCUT2D eigenvalue weighted by Gasteiger charge is -2.20. The molecule has 1 aromatic carbocycles. The summed E-state index contributed by atoms with van der Waals surface area (Å²) in [6.45, 7) is 4.67. The summed E-state index contributed by atoms with van der Waals surface area (Å²) in [6.07, 6.45) is -0.678. The van der Waals surface area contributed by atoms with Crippen molar-refractivity contribution in [2.75, 3.05) is 5.32 Å². The third kappa shape index (κ3) is 6.19. The highest BCUT2D eigenvalue weighted by atomic mass is 19.4. The first-order valence-corrected chi connectivity index (χ1v) is 9.67. The topological polar surface area (TPSA) is 94.0 Å². The highest BCUT2D eigenvalue weighted by Crippen LogP contribution is 2.35. The van der Waals surface area contributed by atoms with E-state index < -0.39 is 23.4 Å². The third-order valence-corrected chi connectivity index (χ3v) is 4.15. The fraction of sp³-hybridized carbons (Fsp3) is 0.333. The van der Waals surface area contributed by atoms with Gasteiger partial charge in [0.2, 0.25) is 5.95 Å². The predicted octanol–water partition coefficient (Wildman–Crippen LogP) is 4.66. The van der Waals surface area contributed by atoms with Crippen LogP contribution in [-0.2, 0) is 24.5 Å². The Bertz CT molecular complexity index is 1110. The minimum absolute atomic E-state index is 0.0881. The number of aromatic nitrogens is 4. The van der Waals surface area contributed by atoms with Crippen molar-refractivity contribution in [3.05, 3.63) is 54.0 Å². The first-order chi connectivity index (χ1) is 14.9. The molecule has 0 aliphatic heterocycles. The number of halogens is 3. The summed E-state index contributed by atoms with van der Waals surface area (Å²) in [6, 6.07) is 5.34. The van der Waals surface area contributed by atoms with Crippen LogP contribution in [0.25, 0.3) is 11.3 Å². The van der Waals surface area contributed by atoms with E-state index in [1.807, 2.05) is 0 Å². The van der Waals surface area contributed by atoms with E-state index in [0.717, 1.165) is 6.07 Å². The van der Waals surface area contributed by atoms with E-state index in [1.54, 1.807) is 44.9 Å². The Hall–Kier alpha value is -3.63. The molecule has 3 rings (SSSR count). The van der Waals surface area contributed by atoms with Crippen molar-refractivity contribution in [3.8, 4) is 11.3 Å². The van der Waals surface area contributed by atoms with E-state index in [1.165, 1.54) is 24.4 Å². The standard InChI is InChI=1S/C21H23F3N6O2/c1-20(2,3)32-19(31)26-10-14-6-5-13(9-16(14)21(22,23)24)17-7-8-25-18(29-17)28-15-11-27-30(4)12-15/h5-9,11-12H,10H2,1-4H3,(H,26,31)(H,25,28,29). The van der Waals surface area contributed by atoms with E-state index in [0.29, 0.717) is 11.4 Å². The highest BCUT2D eigenvalue weighted by molar-refractivity contribution is 5.68. The van der Waals surface area contributed by atoms with Gasteiger partial charge in [-0.2, -0.15) is 18.3 Å². The van der Waals surface area contributed by atoms with Crippen molar-refractivity contribution in [3.63, 3.8) is 0 Å². The average molecular weight is 448 g/mol. The van der Waals surface area contributed by atoms with Gasteiger partial charge in [0.15, 0.2) is 0 Å². The minimum Gasteiger partial charge on any atom is -0.444 e. The Morgan fingerprint density at radius 3 is 2.56 bits per heavy atom. The molecule has 0 aliphatic carbocycles. The zero-order valence-corrected chi connectivity index (χ0v) is 18.0. The van der Waals surface area contributed by atoms with Crippen LogP contribution in [0.3, 0.4) is 0 Å². The quantitative estimate of drug-likeness (QED) is 0.590. The zero-order chi connectivity index (χ0) is 23.5. The number of rotatable bonds is 5. The van der Waals surface area contributed by atoms with Crippen molar-refractivity contribution in [2.45, 2.75) is 39.1 Å². The van der Waals surface area contributed by atoms with Gasteiger partial charge >= 0.3 is 12.3 Å². The van der Waals surface area contributed by atoms with E-state index in [-0.39, 0.29) is 23.6 Å². The predicted molar refractivity (Wildman–Crippen MR) is 112 cm³/mol. The van der Waals surface area contributed by atoms with E-state index in [2.05, 4.69) is 25.7 Å². The van der Waals surface area contributed by atoms with Crippen LogP contribution in [0.1, 0.15) is 31.9 Å². The summed E-state index contributed by atoms with van der Waals surface area (Å²) in [5, 5.41) is 9.34. The van der Waals surface area contributed by atoms with Crippen molar-refractivity contribution >= 4 is 17.7 Å². The number of hydrogen-bond acceptors (Lipinski definition) is 6. The fourth-order valence-electron chi connectivity index (χ4n) is 2.83. The van der Waals surface area contributed by atoms with Gasteiger partial charge in [-0.1, -0.05) is 12.1 Å². The lowest BCUT2D eigenvalue weighted by atomic mass is 10.0. The van der Waals surface area contributed by atoms with Gasteiger partial charge in [-0.05, 0) is 38.5 Å². The number of aryl methyl sites for hydroxylation is 1. The van der Waals surface area contributed by atoms with Crippen LogP contribution in [0.15, 0.2) is 42.9 Å². The van der Waals surface area contributed by atoms with Gasteiger partial charge in [-0.25, -0.2) is 14.8 Å². The van der Waals surface area contributed by atoms with Crippen molar-refractivity contribution in [1.82, 2.24) is 25.1 Å². The Labute approximate surface area is 182 Å². The molecule has 0 bridgehead atoms. The van der Waals surface area contributed by atoms with Gasteiger partial charge in [-0.15, -0.1) is 0 Å². The van der Waals surface area contributed by atoms with Gasteiger partial charge < -0.3 is 15.4 Å². The number of hydrogen-bond donors (Lipinski definition) is 2. The first kappa shape index (κ1) is 23.0. The molecule has 2 heterocycles. The maximum Gasteiger partial charge on any atom is 0.416 e. The molecule has 0 spiro atoms. The zero-order valence-electron chi connectivity index (χ0n) is 18.0. The van der Waals surface area contributed by atoms with E-state index in [9.17, 15) is 18.0 Å². The number of anilines is 2. The van der Waals surface area contributed by atoms with Crippen LogP contribution in [0.5, 0.6) is 0 Å². The Morgan fingerprint density at radius 1 is 1.19 bits per heavy atom.